The number of aromatic nitrogens is 1. The molecule has 0 aliphatic carbocycles. The highest BCUT2D eigenvalue weighted by Gasteiger charge is 2.34. The van der Waals surface area contributed by atoms with Crippen molar-refractivity contribution in [1.29, 1.82) is 5.26 Å². The zero-order valence-corrected chi connectivity index (χ0v) is 20.4. The minimum atomic E-state index is -0.235. The molecule has 166 valence electrons. The van der Waals surface area contributed by atoms with Crippen LogP contribution in [0.2, 0.25) is 0 Å². The first kappa shape index (κ1) is 23.6. The van der Waals surface area contributed by atoms with Gasteiger partial charge in [0, 0.05) is 31.2 Å². The lowest BCUT2D eigenvalue weighted by Gasteiger charge is -2.33. The van der Waals surface area contributed by atoms with E-state index in [-0.39, 0.29) is 23.1 Å². The van der Waals surface area contributed by atoms with Gasteiger partial charge in [0.1, 0.15) is 21.8 Å². The van der Waals surface area contributed by atoms with Crippen molar-refractivity contribution in [2.45, 2.75) is 72.4 Å². The van der Waals surface area contributed by atoms with Gasteiger partial charge >= 0.3 is 0 Å². The molecule has 2 aliphatic heterocycles. The van der Waals surface area contributed by atoms with Gasteiger partial charge in [-0.1, -0.05) is 37.3 Å². The molecule has 0 unspecified atom stereocenters. The Balaban J connectivity index is 2.25. The SMILES string of the molecule is CCCCn1c(N2CCCCC2)c(/C=C2\SC(=S)N(C(C)C)C2=O)c(C)c(C#N)c1=O. The molecule has 0 saturated carbocycles. The van der Waals surface area contributed by atoms with E-state index in [0.717, 1.165) is 50.2 Å². The monoisotopic (exact) mass is 458 g/mol. The normalized spacial score (nSPS) is 18.4. The Morgan fingerprint density at radius 3 is 2.45 bits per heavy atom. The van der Waals surface area contributed by atoms with Gasteiger partial charge in [0.15, 0.2) is 0 Å². The number of piperidine rings is 1. The summed E-state index contributed by atoms with van der Waals surface area (Å²) in [5, 5.41) is 9.75. The molecule has 0 bridgehead atoms. The van der Waals surface area contributed by atoms with Crippen molar-refractivity contribution < 1.29 is 4.79 Å². The summed E-state index contributed by atoms with van der Waals surface area (Å²) in [6, 6.07) is 2.09. The molecule has 0 N–H and O–H groups in total. The number of nitrogens with zero attached hydrogens (tertiary/aromatic N) is 4. The molecule has 6 nitrogen and oxygen atoms in total. The summed E-state index contributed by atoms with van der Waals surface area (Å²) in [5.41, 5.74) is 1.34. The Labute approximate surface area is 193 Å². The van der Waals surface area contributed by atoms with Crippen molar-refractivity contribution in [2.75, 3.05) is 18.0 Å². The maximum Gasteiger partial charge on any atom is 0.270 e. The van der Waals surface area contributed by atoms with Crippen molar-refractivity contribution in [1.82, 2.24) is 9.47 Å². The third-order valence-corrected chi connectivity index (χ3v) is 7.18. The molecule has 8 heteroatoms. The van der Waals surface area contributed by atoms with Crippen LogP contribution in [0, 0.1) is 18.3 Å². The van der Waals surface area contributed by atoms with Gasteiger partial charge in [0.05, 0.1) is 4.91 Å². The largest absolute Gasteiger partial charge is 0.357 e. The van der Waals surface area contributed by atoms with Crippen molar-refractivity contribution in [3.63, 3.8) is 0 Å². The minimum absolute atomic E-state index is 0.0192. The molecule has 1 aromatic rings. The second kappa shape index (κ2) is 10.0. The average Bonchev–Trinajstić information content (AvgIpc) is 3.03. The standard InChI is InChI=1S/C23H30N4O2S2/c1-5-6-12-26-20(25-10-8-7-9-11-25)17(16(4)18(14-24)21(26)28)13-19-22(29)27(15(2)3)23(30)31-19/h13,15H,5-12H2,1-4H3/b19-13-. The first-order valence-corrected chi connectivity index (χ1v) is 12.2. The van der Waals surface area contributed by atoms with Crippen molar-refractivity contribution >= 4 is 46.1 Å². The summed E-state index contributed by atoms with van der Waals surface area (Å²) in [6.07, 6.45) is 6.95. The Bertz CT molecular complexity index is 1010. The zero-order valence-electron chi connectivity index (χ0n) is 18.7. The predicted molar refractivity (Wildman–Crippen MR) is 131 cm³/mol. The van der Waals surface area contributed by atoms with Gasteiger partial charge in [-0.05, 0) is 58.1 Å². The number of unbranched alkanes of at least 4 members (excludes halogenated alkanes) is 1. The van der Waals surface area contributed by atoms with E-state index in [0.29, 0.717) is 21.3 Å². The number of nitriles is 1. The highest BCUT2D eigenvalue weighted by atomic mass is 32.2. The Morgan fingerprint density at radius 2 is 1.90 bits per heavy atom. The molecule has 0 aromatic carbocycles. The zero-order chi connectivity index (χ0) is 22.7. The van der Waals surface area contributed by atoms with Crippen LogP contribution in [0.15, 0.2) is 9.70 Å². The van der Waals surface area contributed by atoms with Gasteiger partial charge in [0.25, 0.3) is 11.5 Å². The number of amides is 1. The highest BCUT2D eigenvalue weighted by Crippen LogP contribution is 2.37. The summed E-state index contributed by atoms with van der Waals surface area (Å²) in [4.78, 5) is 30.7. The van der Waals surface area contributed by atoms with Crippen LogP contribution >= 0.6 is 24.0 Å². The molecule has 0 radical (unpaired) electrons. The molecule has 2 aliphatic rings. The second-order valence-corrected chi connectivity index (χ2v) is 10.0. The van der Waals surface area contributed by atoms with E-state index >= 15 is 0 Å². The van der Waals surface area contributed by atoms with Gasteiger partial charge in [-0.2, -0.15) is 5.26 Å². The number of carbonyl (C=O) groups excluding carboxylic acids is 1. The number of hydrogen-bond acceptors (Lipinski definition) is 6. The van der Waals surface area contributed by atoms with Crippen molar-refractivity contribution in [3.8, 4) is 6.07 Å². The van der Waals surface area contributed by atoms with Crippen LogP contribution in [0.3, 0.4) is 0 Å². The lowest BCUT2D eigenvalue weighted by Crippen LogP contribution is -2.37. The second-order valence-electron chi connectivity index (χ2n) is 8.35. The van der Waals surface area contributed by atoms with Gasteiger partial charge in [0.2, 0.25) is 0 Å². The number of hydrogen-bond donors (Lipinski definition) is 0. The smallest absolute Gasteiger partial charge is 0.270 e. The van der Waals surface area contributed by atoms with Crippen LogP contribution in [0.1, 0.15) is 69.6 Å². The first-order valence-electron chi connectivity index (χ1n) is 11.0. The lowest BCUT2D eigenvalue weighted by atomic mass is 10.0. The van der Waals surface area contributed by atoms with Crippen molar-refractivity contribution in [3.05, 3.63) is 31.9 Å². The number of carbonyl (C=O) groups is 1. The van der Waals surface area contributed by atoms with E-state index < -0.39 is 0 Å². The fraction of sp³-hybridized carbons (Fsp3) is 0.565. The topological polar surface area (TPSA) is 69.3 Å². The van der Waals surface area contributed by atoms with Crippen LogP contribution in [0.25, 0.3) is 6.08 Å². The summed E-state index contributed by atoms with van der Waals surface area (Å²) >= 11 is 6.73. The molecule has 0 atom stereocenters. The number of pyridine rings is 1. The van der Waals surface area contributed by atoms with Crippen LogP contribution in [-0.2, 0) is 11.3 Å². The maximum absolute atomic E-state index is 13.2. The Morgan fingerprint density at radius 1 is 1.23 bits per heavy atom. The van der Waals surface area contributed by atoms with Gasteiger partial charge < -0.3 is 4.90 Å². The Kier molecular flexibility index (Phi) is 7.60. The summed E-state index contributed by atoms with van der Waals surface area (Å²) in [6.45, 7) is 10.1. The molecule has 1 aromatic heterocycles. The fourth-order valence-corrected chi connectivity index (χ4v) is 5.68. The maximum atomic E-state index is 13.2. The summed E-state index contributed by atoms with van der Waals surface area (Å²) in [5.74, 6) is 0.725. The third-order valence-electron chi connectivity index (χ3n) is 5.85. The number of rotatable bonds is 6. The molecule has 2 saturated heterocycles. The molecular weight excluding hydrogens is 428 g/mol. The van der Waals surface area contributed by atoms with E-state index in [9.17, 15) is 14.9 Å². The summed E-state index contributed by atoms with van der Waals surface area (Å²) in [7, 11) is 0. The van der Waals surface area contributed by atoms with E-state index in [2.05, 4.69) is 17.9 Å². The molecule has 3 heterocycles. The minimum Gasteiger partial charge on any atom is -0.357 e. The molecule has 1 amide bonds. The van der Waals surface area contributed by atoms with E-state index in [1.807, 2.05) is 26.8 Å². The van der Waals surface area contributed by atoms with Crippen molar-refractivity contribution in [2.24, 2.45) is 0 Å². The van der Waals surface area contributed by atoms with E-state index in [1.54, 1.807) is 9.47 Å². The Hall–Kier alpha value is -2.11. The predicted octanol–water partition coefficient (Wildman–Crippen LogP) is 4.43. The van der Waals surface area contributed by atoms with Gasteiger partial charge in [-0.15, -0.1) is 0 Å². The van der Waals surface area contributed by atoms with Crippen LogP contribution < -0.4 is 10.5 Å². The molecule has 0 spiro atoms. The quantitative estimate of drug-likeness (QED) is 0.464. The number of anilines is 1. The lowest BCUT2D eigenvalue weighted by molar-refractivity contribution is -0.123. The van der Waals surface area contributed by atoms with Gasteiger partial charge in [-0.25, -0.2) is 0 Å². The summed E-state index contributed by atoms with van der Waals surface area (Å²) < 4.78 is 2.30. The van der Waals surface area contributed by atoms with Gasteiger partial charge in [-0.3, -0.25) is 19.1 Å². The van der Waals surface area contributed by atoms with Crippen LogP contribution in [-0.4, -0.2) is 38.8 Å². The average molecular weight is 459 g/mol. The fourth-order valence-electron chi connectivity index (χ4n) is 4.17. The van der Waals surface area contributed by atoms with Crippen LogP contribution in [0.5, 0.6) is 0 Å². The highest BCUT2D eigenvalue weighted by molar-refractivity contribution is 8.26. The number of thiocarbonyl (C=S) groups is 1. The van der Waals surface area contributed by atoms with E-state index in [4.69, 9.17) is 12.2 Å². The van der Waals surface area contributed by atoms with Crippen LogP contribution in [0.4, 0.5) is 5.82 Å². The molecule has 3 rings (SSSR count). The first-order chi connectivity index (χ1) is 14.8. The molecular formula is C23H30N4O2S2. The molecule has 2 fully saturated rings. The van der Waals surface area contributed by atoms with E-state index in [1.165, 1.54) is 18.2 Å². The number of thioether (sulfide) groups is 1. The molecule has 31 heavy (non-hydrogen) atoms. The third kappa shape index (κ3) is 4.58.